The summed E-state index contributed by atoms with van der Waals surface area (Å²) < 4.78 is 0. The quantitative estimate of drug-likeness (QED) is 0.863. The lowest BCUT2D eigenvalue weighted by Gasteiger charge is -2.33. The molecule has 1 aliphatic rings. The van der Waals surface area contributed by atoms with Crippen LogP contribution in [0.4, 0.5) is 5.82 Å². The molecule has 3 rings (SSSR count). The van der Waals surface area contributed by atoms with Crippen LogP contribution >= 0.6 is 11.6 Å². The summed E-state index contributed by atoms with van der Waals surface area (Å²) in [5, 5.41) is 3.65. The van der Waals surface area contributed by atoms with Crippen molar-refractivity contribution < 1.29 is 9.59 Å². The lowest BCUT2D eigenvalue weighted by molar-refractivity contribution is 0.0718. The number of benzene rings is 1. The summed E-state index contributed by atoms with van der Waals surface area (Å²) in [4.78, 5) is 29.8. The maximum atomic E-state index is 12.6. The van der Waals surface area contributed by atoms with Crippen LogP contribution in [0.15, 0.2) is 36.5 Å². The van der Waals surface area contributed by atoms with Crippen LogP contribution < -0.4 is 11.1 Å². The minimum absolute atomic E-state index is 0.0606. The van der Waals surface area contributed by atoms with Crippen LogP contribution in [-0.2, 0) is 0 Å². The first-order valence-electron chi connectivity index (χ1n) is 8.52. The lowest BCUT2D eigenvalue weighted by atomic mass is 10.0. The first kappa shape index (κ1) is 18.2. The van der Waals surface area contributed by atoms with Gasteiger partial charge in [0.25, 0.3) is 5.91 Å². The fourth-order valence-electron chi connectivity index (χ4n) is 2.98. The Morgan fingerprint density at radius 1 is 1.19 bits per heavy atom. The molecule has 7 heteroatoms. The zero-order chi connectivity index (χ0) is 18.7. The molecule has 1 aliphatic heterocycles. The van der Waals surface area contributed by atoms with Gasteiger partial charge in [-0.05, 0) is 38.0 Å². The predicted octanol–water partition coefficient (Wildman–Crippen LogP) is 2.86. The zero-order valence-corrected chi connectivity index (χ0v) is 15.3. The van der Waals surface area contributed by atoms with Gasteiger partial charge in [-0.15, -0.1) is 0 Å². The molecular weight excluding hydrogens is 352 g/mol. The molecule has 1 saturated heterocycles. The van der Waals surface area contributed by atoms with Gasteiger partial charge in [0.05, 0.1) is 10.6 Å². The van der Waals surface area contributed by atoms with Crippen molar-refractivity contribution in [2.45, 2.75) is 25.8 Å². The number of primary amides is 1. The zero-order valence-electron chi connectivity index (χ0n) is 14.5. The number of hydrogen-bond donors (Lipinski definition) is 2. The monoisotopic (exact) mass is 372 g/mol. The van der Waals surface area contributed by atoms with Crippen LogP contribution in [0.25, 0.3) is 0 Å². The number of likely N-dealkylation sites (tertiary alicyclic amines) is 1. The van der Waals surface area contributed by atoms with Crippen molar-refractivity contribution in [3.05, 3.63) is 58.2 Å². The molecule has 0 aliphatic carbocycles. The third-order valence-corrected chi connectivity index (χ3v) is 4.84. The lowest BCUT2D eigenvalue weighted by Crippen LogP contribution is -2.42. The molecule has 0 radical (unpaired) electrons. The van der Waals surface area contributed by atoms with Crippen molar-refractivity contribution in [3.8, 4) is 0 Å². The molecule has 0 spiro atoms. The second-order valence-corrected chi connectivity index (χ2v) is 6.90. The summed E-state index contributed by atoms with van der Waals surface area (Å²) in [6.45, 7) is 3.34. The van der Waals surface area contributed by atoms with E-state index in [2.05, 4.69) is 10.3 Å². The number of halogens is 1. The van der Waals surface area contributed by atoms with Gasteiger partial charge in [-0.1, -0.05) is 29.3 Å². The summed E-state index contributed by atoms with van der Waals surface area (Å²) in [5.41, 5.74) is 7.35. The molecule has 0 atom stereocenters. The molecule has 6 nitrogen and oxygen atoms in total. The third-order valence-electron chi connectivity index (χ3n) is 4.55. The van der Waals surface area contributed by atoms with Crippen molar-refractivity contribution in [2.24, 2.45) is 5.73 Å². The number of carbonyl (C=O) groups is 2. The van der Waals surface area contributed by atoms with E-state index in [0.29, 0.717) is 29.5 Å². The topological polar surface area (TPSA) is 88.3 Å². The van der Waals surface area contributed by atoms with Crippen LogP contribution in [0.2, 0.25) is 5.02 Å². The molecular formula is C19H21ClN4O2. The van der Waals surface area contributed by atoms with Gasteiger partial charge in [-0.3, -0.25) is 9.59 Å². The van der Waals surface area contributed by atoms with Gasteiger partial charge < -0.3 is 16.0 Å². The summed E-state index contributed by atoms with van der Waals surface area (Å²) in [6.07, 6.45) is 3.01. The van der Waals surface area contributed by atoms with Crippen molar-refractivity contribution in [2.75, 3.05) is 18.4 Å². The first-order valence-corrected chi connectivity index (χ1v) is 8.89. The van der Waals surface area contributed by atoms with Crippen molar-refractivity contribution >= 4 is 29.2 Å². The highest BCUT2D eigenvalue weighted by Crippen LogP contribution is 2.24. The Morgan fingerprint density at radius 3 is 2.42 bits per heavy atom. The van der Waals surface area contributed by atoms with Gasteiger partial charge in [0, 0.05) is 30.9 Å². The van der Waals surface area contributed by atoms with E-state index in [1.54, 1.807) is 0 Å². The van der Waals surface area contributed by atoms with Crippen LogP contribution in [0, 0.1) is 6.92 Å². The average molecular weight is 373 g/mol. The van der Waals surface area contributed by atoms with E-state index < -0.39 is 5.91 Å². The van der Waals surface area contributed by atoms with Gasteiger partial charge in [0.15, 0.2) is 0 Å². The molecule has 136 valence electrons. The van der Waals surface area contributed by atoms with E-state index in [1.807, 2.05) is 36.1 Å². The van der Waals surface area contributed by atoms with Gasteiger partial charge in [0.1, 0.15) is 5.82 Å². The van der Waals surface area contributed by atoms with Gasteiger partial charge in [-0.25, -0.2) is 4.98 Å². The molecule has 26 heavy (non-hydrogen) atoms. The fraction of sp³-hybridized carbons (Fsp3) is 0.316. The Balaban J connectivity index is 1.58. The van der Waals surface area contributed by atoms with E-state index in [1.165, 1.54) is 12.3 Å². The SMILES string of the molecule is Cc1ccc(C(=O)N2CCC(Nc3ncc(C(N)=O)cc3Cl)CC2)cc1. The first-order chi connectivity index (χ1) is 12.4. The number of amides is 2. The Bertz CT molecular complexity index is 815. The number of aromatic nitrogens is 1. The van der Waals surface area contributed by atoms with Gasteiger partial charge in [0.2, 0.25) is 5.91 Å². The van der Waals surface area contributed by atoms with Crippen LogP contribution in [-0.4, -0.2) is 40.8 Å². The number of nitrogens with one attached hydrogen (secondary N) is 1. The summed E-state index contributed by atoms with van der Waals surface area (Å²) in [5.74, 6) is 0.0271. The molecule has 1 aromatic carbocycles. The number of nitrogens with zero attached hydrogens (tertiary/aromatic N) is 2. The number of pyridine rings is 1. The van der Waals surface area contributed by atoms with E-state index in [9.17, 15) is 9.59 Å². The highest BCUT2D eigenvalue weighted by atomic mass is 35.5. The maximum Gasteiger partial charge on any atom is 0.253 e. The predicted molar refractivity (Wildman–Crippen MR) is 101 cm³/mol. The van der Waals surface area contributed by atoms with Crippen molar-refractivity contribution in [3.63, 3.8) is 0 Å². The fourth-order valence-corrected chi connectivity index (χ4v) is 3.20. The summed E-state index contributed by atoms with van der Waals surface area (Å²) in [6, 6.07) is 9.31. The molecule has 2 heterocycles. The Kier molecular flexibility index (Phi) is 5.42. The van der Waals surface area contributed by atoms with Crippen molar-refractivity contribution in [1.82, 2.24) is 9.88 Å². The third kappa shape index (κ3) is 4.14. The number of nitrogens with two attached hydrogens (primary N) is 1. The van der Waals surface area contributed by atoms with Gasteiger partial charge >= 0.3 is 0 Å². The number of carbonyl (C=O) groups excluding carboxylic acids is 2. The molecule has 0 unspecified atom stereocenters. The molecule has 1 fully saturated rings. The Labute approximate surface area is 157 Å². The van der Waals surface area contributed by atoms with E-state index in [0.717, 1.165) is 18.4 Å². The number of hydrogen-bond acceptors (Lipinski definition) is 4. The molecule has 3 N–H and O–H groups in total. The summed E-state index contributed by atoms with van der Waals surface area (Å²) >= 11 is 6.17. The number of aryl methyl sites for hydroxylation is 1. The molecule has 0 saturated carbocycles. The average Bonchev–Trinajstić information content (AvgIpc) is 2.64. The highest BCUT2D eigenvalue weighted by Gasteiger charge is 2.24. The molecule has 1 aromatic heterocycles. The number of piperidine rings is 1. The normalized spacial score (nSPS) is 14.9. The Hall–Kier alpha value is -2.60. The molecule has 0 bridgehead atoms. The standard InChI is InChI=1S/C19H21ClN4O2/c1-12-2-4-13(5-3-12)19(26)24-8-6-15(7-9-24)23-18-16(20)10-14(11-22-18)17(21)25/h2-5,10-11,15H,6-9H2,1H3,(H2,21,25)(H,22,23). The second-order valence-electron chi connectivity index (χ2n) is 6.50. The Morgan fingerprint density at radius 2 is 1.85 bits per heavy atom. The number of rotatable bonds is 4. The largest absolute Gasteiger partial charge is 0.366 e. The molecule has 2 aromatic rings. The van der Waals surface area contributed by atoms with E-state index in [4.69, 9.17) is 17.3 Å². The minimum Gasteiger partial charge on any atom is -0.366 e. The second kappa shape index (κ2) is 7.74. The van der Waals surface area contributed by atoms with E-state index in [-0.39, 0.29) is 17.5 Å². The van der Waals surface area contributed by atoms with E-state index >= 15 is 0 Å². The number of anilines is 1. The van der Waals surface area contributed by atoms with Gasteiger partial charge in [-0.2, -0.15) is 0 Å². The summed E-state index contributed by atoms with van der Waals surface area (Å²) in [7, 11) is 0. The van der Waals surface area contributed by atoms with Crippen molar-refractivity contribution in [1.29, 1.82) is 0 Å². The van der Waals surface area contributed by atoms with Crippen LogP contribution in [0.5, 0.6) is 0 Å². The highest BCUT2D eigenvalue weighted by molar-refractivity contribution is 6.33. The van der Waals surface area contributed by atoms with Crippen LogP contribution in [0.3, 0.4) is 0 Å². The smallest absolute Gasteiger partial charge is 0.253 e. The maximum absolute atomic E-state index is 12.6. The molecule has 2 amide bonds. The minimum atomic E-state index is -0.561. The van der Waals surface area contributed by atoms with Crippen LogP contribution in [0.1, 0.15) is 39.1 Å².